The first kappa shape index (κ1) is 14.8. The molecule has 0 aliphatic carbocycles. The number of carbonyl (C=O) groups excluding carboxylic acids is 2. The third-order valence-corrected chi connectivity index (χ3v) is 3.71. The maximum atomic E-state index is 12.5. The van der Waals surface area contributed by atoms with E-state index < -0.39 is 17.6 Å². The fourth-order valence-electron chi connectivity index (χ4n) is 2.49. The minimum absolute atomic E-state index is 0.0218. The number of amides is 2. The Bertz CT molecular complexity index is 778. The predicted octanol–water partition coefficient (Wildman–Crippen LogP) is 2.53. The summed E-state index contributed by atoms with van der Waals surface area (Å²) in [4.78, 5) is 25.8. The van der Waals surface area contributed by atoms with Crippen LogP contribution in [0.5, 0.6) is 5.75 Å². The summed E-state index contributed by atoms with van der Waals surface area (Å²) in [7, 11) is 1.54. The van der Waals surface area contributed by atoms with Gasteiger partial charge >= 0.3 is 0 Å². The molecule has 3 rings (SSSR count). The van der Waals surface area contributed by atoms with Gasteiger partial charge in [-0.1, -0.05) is 42.5 Å². The third kappa shape index (κ3) is 2.68. The molecule has 0 radical (unpaired) electrons. The molecule has 23 heavy (non-hydrogen) atoms. The van der Waals surface area contributed by atoms with E-state index in [0.29, 0.717) is 11.3 Å². The molecule has 0 bridgehead atoms. The van der Waals surface area contributed by atoms with E-state index in [1.807, 2.05) is 30.3 Å². The van der Waals surface area contributed by atoms with Gasteiger partial charge in [0.05, 0.1) is 19.2 Å². The summed E-state index contributed by atoms with van der Waals surface area (Å²) < 4.78 is 5.07. The van der Waals surface area contributed by atoms with Crippen molar-refractivity contribution in [1.29, 1.82) is 0 Å². The largest absolute Gasteiger partial charge is 0.502 e. The van der Waals surface area contributed by atoms with Crippen molar-refractivity contribution in [2.75, 3.05) is 7.11 Å². The first-order chi connectivity index (χ1) is 11.1. The quantitative estimate of drug-likeness (QED) is 0.881. The number of aliphatic hydroxyl groups excluding tert-OH is 1. The van der Waals surface area contributed by atoms with Crippen molar-refractivity contribution in [3.05, 3.63) is 71.5 Å². The van der Waals surface area contributed by atoms with Crippen LogP contribution in [0.2, 0.25) is 0 Å². The Morgan fingerprint density at radius 3 is 2.22 bits per heavy atom. The highest BCUT2D eigenvalue weighted by Gasteiger charge is 2.39. The molecule has 2 amide bonds. The van der Waals surface area contributed by atoms with Gasteiger partial charge in [0.2, 0.25) is 0 Å². The van der Waals surface area contributed by atoms with Gasteiger partial charge in [-0.25, -0.2) is 0 Å². The zero-order chi connectivity index (χ0) is 16.4. The topological polar surface area (TPSA) is 66.8 Å². The summed E-state index contributed by atoms with van der Waals surface area (Å²) in [6.07, 6.45) is 0. The van der Waals surface area contributed by atoms with E-state index in [-0.39, 0.29) is 12.1 Å². The van der Waals surface area contributed by atoms with Gasteiger partial charge in [-0.15, -0.1) is 0 Å². The van der Waals surface area contributed by atoms with Crippen LogP contribution in [0.25, 0.3) is 5.57 Å². The second-order valence-corrected chi connectivity index (χ2v) is 5.13. The number of hydrogen-bond acceptors (Lipinski definition) is 4. The Morgan fingerprint density at radius 1 is 0.957 bits per heavy atom. The van der Waals surface area contributed by atoms with Crippen LogP contribution in [0.15, 0.2) is 60.4 Å². The van der Waals surface area contributed by atoms with E-state index in [2.05, 4.69) is 0 Å². The van der Waals surface area contributed by atoms with Gasteiger partial charge in [-0.05, 0) is 23.3 Å². The van der Waals surface area contributed by atoms with Crippen LogP contribution in [-0.2, 0) is 16.1 Å². The highest BCUT2D eigenvalue weighted by atomic mass is 16.5. The molecule has 5 heteroatoms. The smallest absolute Gasteiger partial charge is 0.296 e. The lowest BCUT2D eigenvalue weighted by Gasteiger charge is -2.14. The van der Waals surface area contributed by atoms with Crippen molar-refractivity contribution >= 4 is 17.4 Å². The minimum atomic E-state index is -0.676. The Hall–Kier alpha value is -3.08. The Labute approximate surface area is 133 Å². The summed E-state index contributed by atoms with van der Waals surface area (Å²) in [6.45, 7) is 0.127. The van der Waals surface area contributed by atoms with Crippen LogP contribution in [0.1, 0.15) is 11.1 Å². The average Bonchev–Trinajstić information content (AvgIpc) is 2.80. The number of benzene rings is 2. The summed E-state index contributed by atoms with van der Waals surface area (Å²) in [5, 5.41) is 10.1. The van der Waals surface area contributed by atoms with Crippen molar-refractivity contribution in [2.45, 2.75) is 6.54 Å². The lowest BCUT2D eigenvalue weighted by molar-refractivity contribution is -0.138. The lowest BCUT2D eigenvalue weighted by atomic mass is 10.1. The first-order valence-corrected chi connectivity index (χ1v) is 7.09. The maximum Gasteiger partial charge on any atom is 0.296 e. The second kappa shape index (κ2) is 5.96. The fraction of sp³-hybridized carbons (Fsp3) is 0.111. The predicted molar refractivity (Wildman–Crippen MR) is 84.5 cm³/mol. The van der Waals surface area contributed by atoms with E-state index >= 15 is 0 Å². The van der Waals surface area contributed by atoms with Gasteiger partial charge in [0.15, 0.2) is 5.76 Å². The first-order valence-electron chi connectivity index (χ1n) is 7.09. The molecule has 116 valence electrons. The van der Waals surface area contributed by atoms with Gasteiger partial charge in [-0.3, -0.25) is 14.5 Å². The molecule has 0 atom stereocenters. The molecule has 2 aromatic carbocycles. The number of hydrogen-bond donors (Lipinski definition) is 1. The van der Waals surface area contributed by atoms with Crippen LogP contribution < -0.4 is 4.74 Å². The van der Waals surface area contributed by atoms with Crippen molar-refractivity contribution in [2.24, 2.45) is 0 Å². The molecule has 5 nitrogen and oxygen atoms in total. The van der Waals surface area contributed by atoms with Gasteiger partial charge < -0.3 is 9.84 Å². The van der Waals surface area contributed by atoms with E-state index in [1.54, 1.807) is 24.3 Å². The molecular formula is C18H15NO4. The van der Waals surface area contributed by atoms with E-state index in [9.17, 15) is 14.7 Å². The van der Waals surface area contributed by atoms with E-state index in [0.717, 1.165) is 10.5 Å². The number of aliphatic hydroxyl groups is 1. The molecule has 0 unspecified atom stereocenters. The second-order valence-electron chi connectivity index (χ2n) is 5.13. The van der Waals surface area contributed by atoms with Crippen LogP contribution in [0.4, 0.5) is 0 Å². The van der Waals surface area contributed by atoms with Gasteiger partial charge in [0, 0.05) is 0 Å². The van der Waals surface area contributed by atoms with E-state index in [4.69, 9.17) is 4.74 Å². The number of nitrogens with zero attached hydrogens (tertiary/aromatic N) is 1. The molecule has 0 fully saturated rings. The summed E-state index contributed by atoms with van der Waals surface area (Å²) in [6, 6.07) is 15.8. The zero-order valence-corrected chi connectivity index (χ0v) is 12.5. The molecule has 1 aliphatic rings. The normalized spacial score (nSPS) is 14.6. The molecule has 0 saturated carbocycles. The molecule has 1 N–H and O–H groups in total. The highest BCUT2D eigenvalue weighted by molar-refractivity contribution is 6.34. The van der Waals surface area contributed by atoms with E-state index in [1.165, 1.54) is 7.11 Å². The Balaban J connectivity index is 1.89. The van der Waals surface area contributed by atoms with Crippen molar-refractivity contribution in [3.8, 4) is 5.75 Å². The monoisotopic (exact) mass is 309 g/mol. The average molecular weight is 309 g/mol. The summed E-state index contributed by atoms with van der Waals surface area (Å²) >= 11 is 0. The summed E-state index contributed by atoms with van der Waals surface area (Å²) in [5.41, 5.74) is 1.32. The molecule has 1 aliphatic heterocycles. The lowest BCUT2D eigenvalue weighted by Crippen LogP contribution is -2.31. The zero-order valence-electron chi connectivity index (χ0n) is 12.5. The number of methoxy groups -OCH3 is 1. The number of imide groups is 1. The van der Waals surface area contributed by atoms with Gasteiger partial charge in [0.25, 0.3) is 11.8 Å². The van der Waals surface area contributed by atoms with Crippen LogP contribution in [0.3, 0.4) is 0 Å². The molecule has 1 heterocycles. The number of rotatable bonds is 4. The van der Waals surface area contributed by atoms with Crippen LogP contribution in [0, 0.1) is 0 Å². The van der Waals surface area contributed by atoms with Gasteiger partial charge in [-0.2, -0.15) is 0 Å². The standard InChI is InChI=1S/C18H15NO4/c1-23-14-9-7-13(8-10-14)15-16(20)18(22)19(17(15)21)11-12-5-3-2-4-6-12/h2-10,20H,11H2,1H3. The van der Waals surface area contributed by atoms with Crippen molar-refractivity contribution in [3.63, 3.8) is 0 Å². The number of ether oxygens (including phenoxy) is 1. The molecule has 0 saturated heterocycles. The van der Waals surface area contributed by atoms with Crippen molar-refractivity contribution < 1.29 is 19.4 Å². The molecule has 2 aromatic rings. The SMILES string of the molecule is COc1ccc(C2=C(O)C(=O)N(Cc3ccccc3)C2=O)cc1. The Kier molecular flexibility index (Phi) is 3.85. The van der Waals surface area contributed by atoms with Crippen molar-refractivity contribution in [1.82, 2.24) is 4.90 Å². The summed E-state index contributed by atoms with van der Waals surface area (Å²) in [5.74, 6) is -1.06. The third-order valence-electron chi connectivity index (χ3n) is 3.71. The minimum Gasteiger partial charge on any atom is -0.502 e. The maximum absolute atomic E-state index is 12.5. The van der Waals surface area contributed by atoms with Crippen LogP contribution in [-0.4, -0.2) is 28.9 Å². The Morgan fingerprint density at radius 2 is 1.61 bits per heavy atom. The number of carbonyl (C=O) groups is 2. The fourth-order valence-corrected chi connectivity index (χ4v) is 2.49. The molecule has 0 aromatic heterocycles. The molecular weight excluding hydrogens is 294 g/mol. The van der Waals surface area contributed by atoms with Crippen LogP contribution >= 0.6 is 0 Å². The highest BCUT2D eigenvalue weighted by Crippen LogP contribution is 2.30. The van der Waals surface area contributed by atoms with Gasteiger partial charge in [0.1, 0.15) is 5.75 Å². The molecule has 0 spiro atoms.